The lowest BCUT2D eigenvalue weighted by Crippen LogP contribution is -2.17. The van der Waals surface area contributed by atoms with Gasteiger partial charge in [0.05, 0.1) is 6.10 Å². The Kier molecular flexibility index (Phi) is 4.51. The van der Waals surface area contributed by atoms with Crippen LogP contribution >= 0.6 is 0 Å². The minimum absolute atomic E-state index is 0.369. The fourth-order valence-electron chi connectivity index (χ4n) is 2.50. The molecule has 1 heterocycles. The van der Waals surface area contributed by atoms with Crippen LogP contribution in [0.5, 0.6) is 5.75 Å². The normalized spacial score (nSPS) is 15.7. The van der Waals surface area contributed by atoms with Crippen LogP contribution in [-0.2, 0) is 6.42 Å². The van der Waals surface area contributed by atoms with Gasteiger partial charge in [0.15, 0.2) is 0 Å². The van der Waals surface area contributed by atoms with E-state index in [1.54, 1.807) is 0 Å². The molecule has 0 radical (unpaired) electrons. The Labute approximate surface area is 126 Å². The Hall–Kier alpha value is -1.87. The van der Waals surface area contributed by atoms with Gasteiger partial charge in [-0.15, -0.1) is 0 Å². The van der Waals surface area contributed by atoms with Gasteiger partial charge in [0.25, 0.3) is 0 Å². The highest BCUT2D eigenvalue weighted by Crippen LogP contribution is 2.28. The molecular formula is C18H22N2O. The van der Waals surface area contributed by atoms with Crippen LogP contribution in [0.4, 0.5) is 0 Å². The zero-order chi connectivity index (χ0) is 14.5. The topological polar surface area (TPSA) is 34.2 Å². The highest BCUT2D eigenvalue weighted by Gasteiger charge is 2.23. The third-order valence-electron chi connectivity index (χ3n) is 3.93. The average molecular weight is 282 g/mol. The maximum atomic E-state index is 5.80. The number of pyridine rings is 1. The molecule has 1 aliphatic carbocycles. The van der Waals surface area contributed by atoms with E-state index in [0.29, 0.717) is 12.1 Å². The molecule has 1 N–H and O–H groups in total. The molecule has 0 spiro atoms. The number of hydrogen-bond donors (Lipinski definition) is 1. The number of aryl methyl sites for hydroxylation is 1. The zero-order valence-corrected chi connectivity index (χ0v) is 12.5. The van der Waals surface area contributed by atoms with E-state index in [1.807, 2.05) is 19.4 Å². The lowest BCUT2D eigenvalue weighted by atomic mass is 9.99. The summed E-state index contributed by atoms with van der Waals surface area (Å²) in [5, 5.41) is 3.40. The van der Waals surface area contributed by atoms with Gasteiger partial charge in [-0.25, -0.2) is 0 Å². The van der Waals surface area contributed by atoms with Gasteiger partial charge in [0.1, 0.15) is 5.75 Å². The molecule has 2 aromatic rings. The SMILES string of the molecule is CNC(CCc1ccncc1)c1ccc(OC2CC2)cc1. The Balaban J connectivity index is 1.59. The molecule has 1 aromatic carbocycles. The Morgan fingerprint density at radius 3 is 2.48 bits per heavy atom. The summed E-state index contributed by atoms with van der Waals surface area (Å²) in [5.74, 6) is 0.991. The fourth-order valence-corrected chi connectivity index (χ4v) is 2.50. The van der Waals surface area contributed by atoms with Crippen LogP contribution in [0.15, 0.2) is 48.8 Å². The number of nitrogens with one attached hydrogen (secondary N) is 1. The molecule has 21 heavy (non-hydrogen) atoms. The maximum Gasteiger partial charge on any atom is 0.119 e. The molecular weight excluding hydrogens is 260 g/mol. The number of hydrogen-bond acceptors (Lipinski definition) is 3. The van der Waals surface area contributed by atoms with E-state index in [9.17, 15) is 0 Å². The molecule has 0 bridgehead atoms. The summed E-state index contributed by atoms with van der Waals surface area (Å²) in [5.41, 5.74) is 2.65. The van der Waals surface area contributed by atoms with E-state index in [2.05, 4.69) is 46.7 Å². The number of ether oxygens (including phenoxy) is 1. The summed E-state index contributed by atoms with van der Waals surface area (Å²) in [6, 6.07) is 13.1. The number of benzene rings is 1. The lowest BCUT2D eigenvalue weighted by molar-refractivity contribution is 0.303. The molecule has 1 atom stereocenters. The molecule has 1 unspecified atom stereocenters. The van der Waals surface area contributed by atoms with Crippen LogP contribution in [0.25, 0.3) is 0 Å². The molecule has 1 aliphatic rings. The predicted molar refractivity (Wildman–Crippen MR) is 84.5 cm³/mol. The van der Waals surface area contributed by atoms with E-state index < -0.39 is 0 Å². The molecule has 0 saturated heterocycles. The molecule has 3 nitrogen and oxygen atoms in total. The first-order valence-corrected chi connectivity index (χ1v) is 7.68. The van der Waals surface area contributed by atoms with Crippen LogP contribution in [-0.4, -0.2) is 18.1 Å². The second kappa shape index (κ2) is 6.72. The van der Waals surface area contributed by atoms with Gasteiger partial charge in [-0.05, 0) is 68.1 Å². The first-order valence-electron chi connectivity index (χ1n) is 7.68. The first kappa shape index (κ1) is 14.1. The molecule has 1 fully saturated rings. The van der Waals surface area contributed by atoms with Crippen molar-refractivity contribution in [1.82, 2.24) is 10.3 Å². The van der Waals surface area contributed by atoms with Gasteiger partial charge in [-0.1, -0.05) is 12.1 Å². The smallest absolute Gasteiger partial charge is 0.119 e. The quantitative estimate of drug-likeness (QED) is 0.843. The monoisotopic (exact) mass is 282 g/mol. The first-order chi connectivity index (χ1) is 10.3. The number of nitrogens with zero attached hydrogens (tertiary/aromatic N) is 1. The van der Waals surface area contributed by atoms with Crippen LogP contribution < -0.4 is 10.1 Å². The van der Waals surface area contributed by atoms with Gasteiger partial charge >= 0.3 is 0 Å². The summed E-state index contributed by atoms with van der Waals surface area (Å²) < 4.78 is 5.80. The van der Waals surface area contributed by atoms with Gasteiger partial charge < -0.3 is 10.1 Å². The Morgan fingerprint density at radius 1 is 1.14 bits per heavy atom. The Bertz CT molecular complexity index is 549. The minimum Gasteiger partial charge on any atom is -0.490 e. The molecule has 1 aromatic heterocycles. The van der Waals surface area contributed by atoms with Crippen molar-refractivity contribution in [3.8, 4) is 5.75 Å². The van der Waals surface area contributed by atoms with E-state index in [1.165, 1.54) is 24.0 Å². The second-order valence-electron chi connectivity index (χ2n) is 5.62. The van der Waals surface area contributed by atoms with E-state index in [4.69, 9.17) is 4.74 Å². The molecule has 3 rings (SSSR count). The summed E-state index contributed by atoms with van der Waals surface area (Å²) in [7, 11) is 2.02. The largest absolute Gasteiger partial charge is 0.490 e. The van der Waals surface area contributed by atoms with Crippen molar-refractivity contribution in [3.05, 3.63) is 59.9 Å². The Morgan fingerprint density at radius 2 is 1.86 bits per heavy atom. The van der Waals surface area contributed by atoms with Crippen molar-refractivity contribution in [3.63, 3.8) is 0 Å². The van der Waals surface area contributed by atoms with Crippen molar-refractivity contribution < 1.29 is 4.74 Å². The van der Waals surface area contributed by atoms with E-state index in [-0.39, 0.29) is 0 Å². The van der Waals surface area contributed by atoms with Crippen molar-refractivity contribution >= 4 is 0 Å². The van der Waals surface area contributed by atoms with Crippen LogP contribution in [0.1, 0.15) is 36.4 Å². The van der Waals surface area contributed by atoms with Gasteiger partial charge in [-0.3, -0.25) is 4.98 Å². The molecule has 3 heteroatoms. The molecule has 110 valence electrons. The fraction of sp³-hybridized carbons (Fsp3) is 0.389. The summed E-state index contributed by atoms with van der Waals surface area (Å²) in [4.78, 5) is 4.06. The van der Waals surface area contributed by atoms with Crippen LogP contribution in [0.2, 0.25) is 0 Å². The predicted octanol–water partition coefficient (Wildman–Crippen LogP) is 3.52. The van der Waals surface area contributed by atoms with Crippen molar-refractivity contribution in [2.45, 2.75) is 37.8 Å². The van der Waals surface area contributed by atoms with E-state index >= 15 is 0 Å². The zero-order valence-electron chi connectivity index (χ0n) is 12.5. The average Bonchev–Trinajstić information content (AvgIpc) is 3.34. The third-order valence-corrected chi connectivity index (χ3v) is 3.93. The van der Waals surface area contributed by atoms with Crippen molar-refractivity contribution in [2.75, 3.05) is 7.05 Å². The number of aromatic nitrogens is 1. The molecule has 0 aliphatic heterocycles. The van der Waals surface area contributed by atoms with Gasteiger partial charge in [0, 0.05) is 18.4 Å². The highest BCUT2D eigenvalue weighted by molar-refractivity contribution is 5.30. The number of rotatable bonds is 7. The van der Waals surface area contributed by atoms with Crippen molar-refractivity contribution in [2.24, 2.45) is 0 Å². The third kappa shape index (κ3) is 4.05. The summed E-state index contributed by atoms with van der Waals surface area (Å²) in [6.07, 6.45) is 8.70. The lowest BCUT2D eigenvalue weighted by Gasteiger charge is -2.17. The summed E-state index contributed by atoms with van der Waals surface area (Å²) in [6.45, 7) is 0. The van der Waals surface area contributed by atoms with Gasteiger partial charge in [0.2, 0.25) is 0 Å². The van der Waals surface area contributed by atoms with Gasteiger partial charge in [-0.2, -0.15) is 0 Å². The van der Waals surface area contributed by atoms with E-state index in [0.717, 1.165) is 18.6 Å². The van der Waals surface area contributed by atoms with Crippen LogP contribution in [0, 0.1) is 0 Å². The maximum absolute atomic E-state index is 5.80. The highest BCUT2D eigenvalue weighted by atomic mass is 16.5. The minimum atomic E-state index is 0.369. The van der Waals surface area contributed by atoms with Crippen LogP contribution in [0.3, 0.4) is 0 Å². The molecule has 0 amide bonds. The summed E-state index contributed by atoms with van der Waals surface area (Å²) >= 11 is 0. The van der Waals surface area contributed by atoms with Crippen molar-refractivity contribution in [1.29, 1.82) is 0 Å². The standard InChI is InChI=1S/C18H22N2O/c1-19-18(9-2-14-10-12-20-13-11-14)15-3-5-16(6-4-15)21-17-7-8-17/h3-6,10-13,17-19H,2,7-9H2,1H3. The second-order valence-corrected chi connectivity index (χ2v) is 5.62. The molecule has 1 saturated carbocycles.